The number of allylic oxidation sites excluding steroid dienone is 2. The zero-order chi connectivity index (χ0) is 7.82. The Morgan fingerprint density at radius 3 is 2.90 bits per heavy atom. The van der Waals surface area contributed by atoms with E-state index in [1.165, 1.54) is 11.8 Å². The van der Waals surface area contributed by atoms with Gasteiger partial charge in [0.05, 0.1) is 0 Å². The number of amidine groups is 1. The van der Waals surface area contributed by atoms with Gasteiger partial charge in [0.25, 0.3) is 0 Å². The number of hydrogen-bond donors (Lipinski definition) is 2. The monoisotopic (exact) mass is 158 g/mol. The van der Waals surface area contributed by atoms with Gasteiger partial charge in [-0.25, -0.2) is 0 Å². The van der Waals surface area contributed by atoms with Crippen LogP contribution in [0.5, 0.6) is 0 Å². The van der Waals surface area contributed by atoms with Crippen LogP contribution >= 0.6 is 11.8 Å². The van der Waals surface area contributed by atoms with Crippen LogP contribution in [0.15, 0.2) is 12.2 Å². The summed E-state index contributed by atoms with van der Waals surface area (Å²) in [5.74, 6) is 0.958. The van der Waals surface area contributed by atoms with Crippen LogP contribution in [-0.4, -0.2) is 10.9 Å². The maximum Gasteiger partial charge on any atom is 0.151 e. The van der Waals surface area contributed by atoms with E-state index < -0.39 is 0 Å². The molecule has 3 N–H and O–H groups in total. The molecule has 0 radical (unpaired) electrons. The lowest BCUT2D eigenvalue weighted by Crippen LogP contribution is -2.04. The molecule has 0 atom stereocenters. The third-order valence-corrected chi connectivity index (χ3v) is 1.81. The van der Waals surface area contributed by atoms with Gasteiger partial charge in [-0.05, 0) is 19.8 Å². The normalized spacial score (nSPS) is 10.5. The highest BCUT2D eigenvalue weighted by Gasteiger charge is 1.88. The Hall–Kier alpha value is -0.440. The highest BCUT2D eigenvalue weighted by molar-refractivity contribution is 8.13. The van der Waals surface area contributed by atoms with Crippen molar-refractivity contribution in [1.29, 1.82) is 5.41 Å². The summed E-state index contributed by atoms with van der Waals surface area (Å²) in [6.07, 6.45) is 6.37. The summed E-state index contributed by atoms with van der Waals surface area (Å²) in [6, 6.07) is 0. The Morgan fingerprint density at radius 2 is 2.40 bits per heavy atom. The van der Waals surface area contributed by atoms with Gasteiger partial charge < -0.3 is 5.73 Å². The van der Waals surface area contributed by atoms with Crippen molar-refractivity contribution in [2.24, 2.45) is 5.73 Å². The number of hydrogen-bond acceptors (Lipinski definition) is 2. The lowest BCUT2D eigenvalue weighted by atomic mass is 10.3. The van der Waals surface area contributed by atoms with Crippen LogP contribution in [0.4, 0.5) is 0 Å². The van der Waals surface area contributed by atoms with Gasteiger partial charge in [-0.15, -0.1) is 0 Å². The smallest absolute Gasteiger partial charge is 0.151 e. The molecule has 0 aliphatic carbocycles. The van der Waals surface area contributed by atoms with E-state index >= 15 is 0 Å². The number of thioether (sulfide) groups is 1. The van der Waals surface area contributed by atoms with E-state index in [4.69, 9.17) is 11.1 Å². The van der Waals surface area contributed by atoms with Crippen LogP contribution in [0.3, 0.4) is 0 Å². The number of nitrogens with one attached hydrogen (secondary N) is 1. The predicted octanol–water partition coefficient (Wildman–Crippen LogP) is 1.97. The number of nitrogens with two attached hydrogens (primary N) is 1. The molecule has 0 aliphatic heterocycles. The first-order valence-corrected chi connectivity index (χ1v) is 4.34. The van der Waals surface area contributed by atoms with E-state index in [-0.39, 0.29) is 5.17 Å². The van der Waals surface area contributed by atoms with E-state index in [9.17, 15) is 0 Å². The molecule has 0 unspecified atom stereocenters. The highest BCUT2D eigenvalue weighted by Crippen LogP contribution is 2.03. The minimum absolute atomic E-state index is 0.223. The van der Waals surface area contributed by atoms with Gasteiger partial charge in [0.2, 0.25) is 0 Å². The topological polar surface area (TPSA) is 49.9 Å². The summed E-state index contributed by atoms with van der Waals surface area (Å²) in [6.45, 7) is 2.01. The fraction of sp³-hybridized carbons (Fsp3) is 0.571. The van der Waals surface area contributed by atoms with Crippen molar-refractivity contribution in [3.05, 3.63) is 12.2 Å². The van der Waals surface area contributed by atoms with Gasteiger partial charge in [-0.3, -0.25) is 5.41 Å². The lowest BCUT2D eigenvalue weighted by Gasteiger charge is -1.94. The molecule has 0 aromatic carbocycles. The van der Waals surface area contributed by atoms with E-state index in [0.717, 1.165) is 18.6 Å². The Morgan fingerprint density at radius 1 is 1.70 bits per heavy atom. The molecule has 0 saturated carbocycles. The number of unbranched alkanes of at least 4 members (excludes halogenated alkanes) is 1. The third kappa shape index (κ3) is 7.56. The molecule has 0 aromatic rings. The number of rotatable bonds is 4. The maximum atomic E-state index is 6.90. The first-order valence-electron chi connectivity index (χ1n) is 3.35. The van der Waals surface area contributed by atoms with E-state index in [2.05, 4.69) is 6.08 Å². The zero-order valence-electron chi connectivity index (χ0n) is 6.26. The molecule has 2 nitrogen and oxygen atoms in total. The van der Waals surface area contributed by atoms with Crippen LogP contribution in [-0.2, 0) is 0 Å². The molecule has 0 heterocycles. The van der Waals surface area contributed by atoms with E-state index in [1.54, 1.807) is 0 Å². The fourth-order valence-corrected chi connectivity index (χ4v) is 1.08. The highest BCUT2D eigenvalue weighted by atomic mass is 32.2. The second-order valence-electron chi connectivity index (χ2n) is 1.92. The summed E-state index contributed by atoms with van der Waals surface area (Å²) in [5.41, 5.74) is 5.14. The SMILES string of the molecule is C/C=C/CCCSC(=N)N. The zero-order valence-corrected chi connectivity index (χ0v) is 7.08. The first-order chi connectivity index (χ1) is 4.77. The Balaban J connectivity index is 2.98. The summed E-state index contributed by atoms with van der Waals surface area (Å²) >= 11 is 1.41. The Bertz CT molecular complexity index is 121. The van der Waals surface area contributed by atoms with Crippen molar-refractivity contribution in [2.75, 3.05) is 5.75 Å². The van der Waals surface area contributed by atoms with Crippen molar-refractivity contribution < 1.29 is 0 Å². The van der Waals surface area contributed by atoms with Gasteiger partial charge in [-0.1, -0.05) is 23.9 Å². The molecule has 0 spiro atoms. The molecule has 0 aliphatic rings. The molecule has 58 valence electrons. The average molecular weight is 158 g/mol. The van der Waals surface area contributed by atoms with E-state index in [1.807, 2.05) is 13.0 Å². The van der Waals surface area contributed by atoms with Gasteiger partial charge in [-0.2, -0.15) is 0 Å². The molecule has 0 rings (SSSR count). The van der Waals surface area contributed by atoms with Gasteiger partial charge >= 0.3 is 0 Å². The fourth-order valence-electron chi connectivity index (χ4n) is 0.550. The summed E-state index contributed by atoms with van der Waals surface area (Å²) < 4.78 is 0. The second-order valence-corrected chi connectivity index (χ2v) is 3.06. The van der Waals surface area contributed by atoms with Gasteiger partial charge in [0.1, 0.15) is 0 Å². The molecule has 3 heteroatoms. The Labute approximate surface area is 66.4 Å². The lowest BCUT2D eigenvalue weighted by molar-refractivity contribution is 0.972. The molecule has 0 bridgehead atoms. The van der Waals surface area contributed by atoms with Crippen LogP contribution in [0.2, 0.25) is 0 Å². The van der Waals surface area contributed by atoms with Crippen molar-refractivity contribution in [2.45, 2.75) is 19.8 Å². The molecule has 10 heavy (non-hydrogen) atoms. The quantitative estimate of drug-likeness (QED) is 0.284. The Kier molecular flexibility index (Phi) is 6.38. The van der Waals surface area contributed by atoms with E-state index in [0.29, 0.717) is 0 Å². The first kappa shape index (κ1) is 9.56. The van der Waals surface area contributed by atoms with Crippen molar-refractivity contribution in [3.63, 3.8) is 0 Å². The molecule has 0 aromatic heterocycles. The van der Waals surface area contributed by atoms with Crippen molar-refractivity contribution >= 4 is 16.9 Å². The van der Waals surface area contributed by atoms with Crippen LogP contribution < -0.4 is 5.73 Å². The van der Waals surface area contributed by atoms with Crippen molar-refractivity contribution in [1.82, 2.24) is 0 Å². The largest absolute Gasteiger partial charge is 0.379 e. The van der Waals surface area contributed by atoms with Gasteiger partial charge in [0.15, 0.2) is 5.17 Å². The molecule has 0 fully saturated rings. The van der Waals surface area contributed by atoms with Gasteiger partial charge in [0, 0.05) is 5.75 Å². The maximum absolute atomic E-state index is 6.90. The molecule has 0 saturated heterocycles. The third-order valence-electron chi connectivity index (χ3n) is 1.01. The standard InChI is InChI=1S/C7H14N2S/c1-2-3-4-5-6-10-7(8)9/h2-3H,4-6H2,1H3,(H3,8,9)/b3-2+. The van der Waals surface area contributed by atoms with Crippen LogP contribution in [0.25, 0.3) is 0 Å². The summed E-state index contributed by atoms with van der Waals surface area (Å²) in [4.78, 5) is 0. The summed E-state index contributed by atoms with van der Waals surface area (Å²) in [5, 5.41) is 7.12. The molecule has 0 amide bonds. The molecular formula is C7H14N2S. The minimum atomic E-state index is 0.223. The van der Waals surface area contributed by atoms with Crippen LogP contribution in [0.1, 0.15) is 19.8 Å². The van der Waals surface area contributed by atoms with Crippen molar-refractivity contribution in [3.8, 4) is 0 Å². The summed E-state index contributed by atoms with van der Waals surface area (Å²) in [7, 11) is 0. The minimum Gasteiger partial charge on any atom is -0.379 e. The second kappa shape index (κ2) is 6.68. The average Bonchev–Trinajstić information content (AvgIpc) is 1.87. The molecular weight excluding hydrogens is 144 g/mol. The predicted molar refractivity (Wildman–Crippen MR) is 48.4 cm³/mol. The van der Waals surface area contributed by atoms with Crippen LogP contribution in [0, 0.1) is 5.41 Å².